The molecule has 0 amide bonds. The smallest absolute Gasteiger partial charge is 0.399 e. The fourth-order valence-electron chi connectivity index (χ4n) is 5.09. The highest BCUT2D eigenvalue weighted by Crippen LogP contribution is 2.45. The van der Waals surface area contributed by atoms with Crippen LogP contribution in [0.25, 0.3) is 0 Å². The Bertz CT molecular complexity index is 673. The van der Waals surface area contributed by atoms with Crippen LogP contribution in [0.15, 0.2) is 24.3 Å². The minimum absolute atomic E-state index is 0.0148. The largest absolute Gasteiger partial charge is 0.573 e. The summed E-state index contributed by atoms with van der Waals surface area (Å²) >= 11 is 0. The second kappa shape index (κ2) is 9.48. The lowest BCUT2D eigenvalue weighted by Gasteiger charge is -2.37. The Morgan fingerprint density at radius 2 is 1.41 bits per heavy atom. The summed E-state index contributed by atoms with van der Waals surface area (Å²) in [6.07, 6.45) is 9.15. The molecule has 3 rings (SSSR count). The van der Waals surface area contributed by atoms with Crippen LogP contribution in [-0.2, 0) is 0 Å². The summed E-state index contributed by atoms with van der Waals surface area (Å²) in [4.78, 5) is 0. The zero-order valence-corrected chi connectivity index (χ0v) is 16.8. The highest BCUT2D eigenvalue weighted by molar-refractivity contribution is 5.33. The fourth-order valence-corrected chi connectivity index (χ4v) is 5.09. The topological polar surface area (TPSA) is 9.23 Å². The van der Waals surface area contributed by atoms with E-state index >= 15 is 0 Å². The molecule has 2 aliphatic carbocycles. The monoisotopic (exact) mass is 416 g/mol. The number of rotatable bonds is 5. The van der Waals surface area contributed by atoms with Crippen molar-refractivity contribution in [3.63, 3.8) is 0 Å². The molecular weight excluding hydrogens is 387 g/mol. The van der Waals surface area contributed by atoms with E-state index in [2.05, 4.69) is 23.8 Å². The second-order valence-corrected chi connectivity index (χ2v) is 8.48. The lowest BCUT2D eigenvalue weighted by molar-refractivity contribution is -0.276. The van der Waals surface area contributed by atoms with E-state index in [-0.39, 0.29) is 5.92 Å². The Morgan fingerprint density at radius 3 is 1.90 bits per heavy atom. The van der Waals surface area contributed by atoms with Crippen molar-refractivity contribution in [2.75, 3.05) is 0 Å². The van der Waals surface area contributed by atoms with Crippen LogP contribution < -0.4 is 4.74 Å². The highest BCUT2D eigenvalue weighted by atomic mass is 19.4. The van der Waals surface area contributed by atoms with E-state index in [4.69, 9.17) is 0 Å². The molecule has 29 heavy (non-hydrogen) atoms. The fraction of sp³-hybridized carbons (Fsp3) is 0.652. The van der Waals surface area contributed by atoms with E-state index in [1.165, 1.54) is 25.7 Å². The lowest BCUT2D eigenvalue weighted by atomic mass is 9.68. The molecule has 2 aliphatic rings. The molecule has 0 unspecified atom stereocenters. The first-order valence-electron chi connectivity index (χ1n) is 10.7. The number of hydrogen-bond acceptors (Lipinski definition) is 1. The summed E-state index contributed by atoms with van der Waals surface area (Å²) in [7, 11) is 0. The summed E-state index contributed by atoms with van der Waals surface area (Å²) in [6, 6.07) is 2.00. The first-order chi connectivity index (χ1) is 13.8. The SMILES string of the molecule is CC/C=C/[C@H]1CC[C@H]([C@H]2CC[C@H](c3cc(F)c(OC(F)(F)F)c(F)c3)CC2)CC1. The number of allylic oxidation sites excluding steroid dienone is 2. The van der Waals surface area contributed by atoms with Gasteiger partial charge in [-0.05, 0) is 99.2 Å². The zero-order valence-electron chi connectivity index (χ0n) is 16.8. The van der Waals surface area contributed by atoms with Gasteiger partial charge in [0.05, 0.1) is 0 Å². The molecular formula is C23H29F5O. The van der Waals surface area contributed by atoms with Crippen molar-refractivity contribution in [3.8, 4) is 5.75 Å². The van der Waals surface area contributed by atoms with Gasteiger partial charge in [-0.2, -0.15) is 0 Å². The van der Waals surface area contributed by atoms with Gasteiger partial charge in [-0.1, -0.05) is 19.1 Å². The molecule has 1 aromatic carbocycles. The molecule has 0 aliphatic heterocycles. The van der Waals surface area contributed by atoms with Crippen LogP contribution in [0.2, 0.25) is 0 Å². The third-order valence-electron chi connectivity index (χ3n) is 6.61. The van der Waals surface area contributed by atoms with Crippen molar-refractivity contribution >= 4 is 0 Å². The van der Waals surface area contributed by atoms with Crippen LogP contribution in [0, 0.1) is 29.4 Å². The molecule has 0 saturated heterocycles. The molecule has 0 spiro atoms. The van der Waals surface area contributed by atoms with Crippen LogP contribution >= 0.6 is 0 Å². The van der Waals surface area contributed by atoms with Gasteiger partial charge in [0.25, 0.3) is 0 Å². The molecule has 0 heterocycles. The average Bonchev–Trinajstić information content (AvgIpc) is 2.69. The quantitative estimate of drug-likeness (QED) is 0.350. The molecule has 2 saturated carbocycles. The van der Waals surface area contributed by atoms with Crippen LogP contribution in [0.3, 0.4) is 0 Å². The van der Waals surface area contributed by atoms with E-state index in [1.54, 1.807) is 0 Å². The van der Waals surface area contributed by atoms with E-state index in [0.29, 0.717) is 17.4 Å². The molecule has 0 aromatic heterocycles. The Hall–Kier alpha value is -1.59. The van der Waals surface area contributed by atoms with E-state index in [0.717, 1.165) is 50.2 Å². The molecule has 0 bridgehead atoms. The maximum Gasteiger partial charge on any atom is 0.573 e. The highest BCUT2D eigenvalue weighted by Gasteiger charge is 2.35. The van der Waals surface area contributed by atoms with Gasteiger partial charge in [0.2, 0.25) is 5.75 Å². The van der Waals surface area contributed by atoms with Gasteiger partial charge >= 0.3 is 6.36 Å². The molecule has 6 heteroatoms. The standard InChI is InChI=1S/C23H29F5O/c1-2-3-4-15-5-7-16(8-6-15)17-9-11-18(12-10-17)19-13-20(24)22(21(25)14-19)29-23(26,27)28/h3-4,13-18H,2,5-12H2,1H3/b4-3+/t15-,16-,17-,18-. The maximum atomic E-state index is 14.0. The van der Waals surface area contributed by atoms with Crippen LogP contribution in [0.4, 0.5) is 22.0 Å². The first kappa shape index (κ1) is 22.1. The molecule has 0 atom stereocenters. The van der Waals surface area contributed by atoms with E-state index < -0.39 is 23.7 Å². The average molecular weight is 416 g/mol. The molecule has 1 nitrogen and oxygen atoms in total. The molecule has 162 valence electrons. The zero-order chi connectivity index (χ0) is 21.0. The molecule has 1 aromatic rings. The summed E-state index contributed by atoms with van der Waals surface area (Å²) in [5.74, 6) is -1.91. The number of hydrogen-bond donors (Lipinski definition) is 0. The minimum Gasteiger partial charge on any atom is -0.399 e. The van der Waals surface area contributed by atoms with E-state index in [1.807, 2.05) is 0 Å². The van der Waals surface area contributed by atoms with Crippen molar-refractivity contribution in [2.24, 2.45) is 17.8 Å². The molecule has 2 fully saturated rings. The van der Waals surface area contributed by atoms with Crippen LogP contribution in [-0.4, -0.2) is 6.36 Å². The van der Waals surface area contributed by atoms with Gasteiger partial charge in [0.1, 0.15) is 0 Å². The first-order valence-corrected chi connectivity index (χ1v) is 10.7. The minimum atomic E-state index is -5.12. The van der Waals surface area contributed by atoms with Crippen LogP contribution in [0.5, 0.6) is 5.75 Å². The number of ether oxygens (including phenoxy) is 1. The van der Waals surface area contributed by atoms with E-state index in [9.17, 15) is 22.0 Å². The molecule has 0 radical (unpaired) electrons. The lowest BCUT2D eigenvalue weighted by Crippen LogP contribution is -2.25. The number of halogens is 5. The van der Waals surface area contributed by atoms with Crippen LogP contribution in [0.1, 0.15) is 76.2 Å². The van der Waals surface area contributed by atoms with Crippen molar-refractivity contribution in [3.05, 3.63) is 41.5 Å². The predicted molar refractivity (Wildman–Crippen MR) is 103 cm³/mol. The predicted octanol–water partition coefficient (Wildman–Crippen LogP) is 7.91. The van der Waals surface area contributed by atoms with Gasteiger partial charge < -0.3 is 4.74 Å². The number of benzene rings is 1. The van der Waals surface area contributed by atoms with Crippen molar-refractivity contribution in [1.29, 1.82) is 0 Å². The van der Waals surface area contributed by atoms with Gasteiger partial charge in [-0.3, -0.25) is 0 Å². The third kappa shape index (κ3) is 5.95. The Balaban J connectivity index is 1.55. The summed E-state index contributed by atoms with van der Waals surface area (Å²) in [6.45, 7) is 2.15. The normalized spacial score (nSPS) is 28.6. The third-order valence-corrected chi connectivity index (χ3v) is 6.61. The Morgan fingerprint density at radius 1 is 0.897 bits per heavy atom. The summed E-state index contributed by atoms with van der Waals surface area (Å²) in [5.41, 5.74) is 0.432. The van der Waals surface area contributed by atoms with Gasteiger partial charge in [0.15, 0.2) is 11.6 Å². The van der Waals surface area contributed by atoms with Crippen molar-refractivity contribution in [2.45, 2.75) is 77.0 Å². The van der Waals surface area contributed by atoms with Gasteiger partial charge in [-0.25, -0.2) is 8.78 Å². The van der Waals surface area contributed by atoms with Crippen molar-refractivity contribution < 1.29 is 26.7 Å². The summed E-state index contributed by atoms with van der Waals surface area (Å²) < 4.78 is 68.4. The molecule has 0 N–H and O–H groups in total. The summed E-state index contributed by atoms with van der Waals surface area (Å²) in [5, 5.41) is 0. The number of alkyl halides is 3. The Labute approximate surface area is 169 Å². The maximum absolute atomic E-state index is 14.0. The van der Waals surface area contributed by atoms with Gasteiger partial charge in [-0.15, -0.1) is 13.2 Å². The van der Waals surface area contributed by atoms with Crippen molar-refractivity contribution in [1.82, 2.24) is 0 Å². The second-order valence-electron chi connectivity index (χ2n) is 8.48. The Kier molecular flexibility index (Phi) is 7.23. The van der Waals surface area contributed by atoms with Gasteiger partial charge in [0, 0.05) is 0 Å².